The normalized spacial score (nSPS) is 19.1. The summed E-state index contributed by atoms with van der Waals surface area (Å²) in [5, 5.41) is 0. The van der Waals surface area contributed by atoms with Gasteiger partial charge in [0.2, 0.25) is 0 Å². The number of rotatable bonds is 4. The van der Waals surface area contributed by atoms with Crippen molar-refractivity contribution in [2.24, 2.45) is 11.7 Å². The summed E-state index contributed by atoms with van der Waals surface area (Å²) in [5.74, 6) is 0.946. The molecule has 0 radical (unpaired) electrons. The predicted molar refractivity (Wildman–Crippen MR) is 70.2 cm³/mol. The minimum absolute atomic E-state index is 0.0790. The third-order valence-electron chi connectivity index (χ3n) is 3.75. The van der Waals surface area contributed by atoms with Crippen molar-refractivity contribution in [2.75, 3.05) is 0 Å². The Labute approximate surface area is 103 Å². The summed E-state index contributed by atoms with van der Waals surface area (Å²) >= 11 is 0. The number of carbonyl (C=O) groups excluding carboxylic acids is 1. The second kappa shape index (κ2) is 4.26. The molecule has 2 rings (SSSR count). The van der Waals surface area contributed by atoms with Crippen molar-refractivity contribution in [1.82, 2.24) is 0 Å². The lowest BCUT2D eigenvalue weighted by atomic mass is 9.87. The van der Waals surface area contributed by atoms with Gasteiger partial charge in [0.1, 0.15) is 0 Å². The van der Waals surface area contributed by atoms with E-state index in [1.807, 2.05) is 31.2 Å². The van der Waals surface area contributed by atoms with Crippen LogP contribution < -0.4 is 5.73 Å². The Hall–Kier alpha value is -1.15. The van der Waals surface area contributed by atoms with Gasteiger partial charge in [-0.05, 0) is 37.2 Å². The molecule has 17 heavy (non-hydrogen) atoms. The Morgan fingerprint density at radius 1 is 1.29 bits per heavy atom. The van der Waals surface area contributed by atoms with Crippen LogP contribution in [0.1, 0.15) is 55.5 Å². The number of nitrogens with two attached hydrogens (primary N) is 1. The number of carbonyl (C=O) groups is 1. The van der Waals surface area contributed by atoms with E-state index in [-0.39, 0.29) is 5.78 Å². The smallest absolute Gasteiger partial charge is 0.182 e. The Bertz CT molecular complexity index is 413. The van der Waals surface area contributed by atoms with Crippen LogP contribution in [0.2, 0.25) is 0 Å². The lowest BCUT2D eigenvalue weighted by molar-refractivity contribution is 0.0883. The highest BCUT2D eigenvalue weighted by Gasteiger charge is 2.44. The highest BCUT2D eigenvalue weighted by molar-refractivity contribution is 6.03. The molecule has 0 spiro atoms. The molecule has 1 aromatic rings. The molecule has 2 nitrogen and oxygen atoms in total. The third-order valence-corrected chi connectivity index (χ3v) is 3.75. The van der Waals surface area contributed by atoms with Gasteiger partial charge in [-0.3, -0.25) is 4.79 Å². The standard InChI is InChI=1S/C15H21NO/c1-10(2)11-4-6-12(7-5-11)14(17)15(3,16)13-8-9-13/h4-7,10,13H,8-9,16H2,1-3H3. The van der Waals surface area contributed by atoms with Crippen molar-refractivity contribution in [2.45, 2.75) is 45.1 Å². The van der Waals surface area contributed by atoms with Crippen LogP contribution in [-0.4, -0.2) is 11.3 Å². The highest BCUT2D eigenvalue weighted by Crippen LogP contribution is 2.39. The van der Waals surface area contributed by atoms with Crippen LogP contribution >= 0.6 is 0 Å². The fourth-order valence-electron chi connectivity index (χ4n) is 2.20. The number of hydrogen-bond acceptors (Lipinski definition) is 2. The molecular formula is C15H21NO. The topological polar surface area (TPSA) is 43.1 Å². The van der Waals surface area contributed by atoms with E-state index in [0.717, 1.165) is 18.4 Å². The molecule has 1 unspecified atom stereocenters. The van der Waals surface area contributed by atoms with E-state index < -0.39 is 5.54 Å². The lowest BCUT2D eigenvalue weighted by Crippen LogP contribution is -2.47. The quantitative estimate of drug-likeness (QED) is 0.809. The Morgan fingerprint density at radius 3 is 2.24 bits per heavy atom. The molecule has 2 N–H and O–H groups in total. The van der Waals surface area contributed by atoms with Crippen LogP contribution in [0, 0.1) is 5.92 Å². The second-order valence-electron chi connectivity index (χ2n) is 5.66. The first kappa shape index (κ1) is 12.3. The van der Waals surface area contributed by atoms with Crippen molar-refractivity contribution in [3.05, 3.63) is 35.4 Å². The number of ketones is 1. The van der Waals surface area contributed by atoms with Crippen LogP contribution in [0.25, 0.3) is 0 Å². The molecule has 0 saturated heterocycles. The van der Waals surface area contributed by atoms with Crippen molar-refractivity contribution < 1.29 is 4.79 Å². The van der Waals surface area contributed by atoms with E-state index >= 15 is 0 Å². The SMILES string of the molecule is CC(C)c1ccc(C(=O)C(C)(N)C2CC2)cc1. The van der Waals surface area contributed by atoms with Gasteiger partial charge in [0.05, 0.1) is 5.54 Å². The van der Waals surface area contributed by atoms with Crippen molar-refractivity contribution in [1.29, 1.82) is 0 Å². The maximum Gasteiger partial charge on any atom is 0.182 e. The van der Waals surface area contributed by atoms with Gasteiger partial charge in [0, 0.05) is 5.56 Å². The summed E-state index contributed by atoms with van der Waals surface area (Å²) in [6.07, 6.45) is 2.17. The molecule has 1 atom stereocenters. The van der Waals surface area contributed by atoms with Gasteiger partial charge < -0.3 is 5.73 Å². The van der Waals surface area contributed by atoms with Crippen LogP contribution in [0.4, 0.5) is 0 Å². The van der Waals surface area contributed by atoms with E-state index in [4.69, 9.17) is 5.73 Å². The average molecular weight is 231 g/mol. The van der Waals surface area contributed by atoms with E-state index in [9.17, 15) is 4.79 Å². The number of hydrogen-bond donors (Lipinski definition) is 1. The molecule has 1 saturated carbocycles. The minimum atomic E-state index is -0.681. The summed E-state index contributed by atoms with van der Waals surface area (Å²) in [6.45, 7) is 6.16. The molecule has 1 aliphatic rings. The molecule has 0 bridgehead atoms. The van der Waals surface area contributed by atoms with Gasteiger partial charge in [0.25, 0.3) is 0 Å². The highest BCUT2D eigenvalue weighted by atomic mass is 16.1. The predicted octanol–water partition coefficient (Wildman–Crippen LogP) is 3.12. The zero-order chi connectivity index (χ0) is 12.6. The minimum Gasteiger partial charge on any atom is -0.319 e. The Balaban J connectivity index is 2.19. The molecule has 1 aliphatic carbocycles. The van der Waals surface area contributed by atoms with Gasteiger partial charge in [-0.15, -0.1) is 0 Å². The first-order chi connectivity index (χ1) is 7.93. The molecule has 0 amide bonds. The molecule has 0 heterocycles. The zero-order valence-electron chi connectivity index (χ0n) is 10.9. The molecule has 1 fully saturated rings. The monoisotopic (exact) mass is 231 g/mol. The maximum atomic E-state index is 12.3. The van der Waals surface area contributed by atoms with Crippen molar-refractivity contribution in [3.63, 3.8) is 0 Å². The number of Topliss-reactive ketones (excluding diaryl/α,β-unsaturated/α-hetero) is 1. The summed E-state index contributed by atoms with van der Waals surface area (Å²) in [7, 11) is 0. The van der Waals surface area contributed by atoms with Crippen LogP contribution in [-0.2, 0) is 0 Å². The average Bonchev–Trinajstić information content (AvgIpc) is 3.12. The summed E-state index contributed by atoms with van der Waals surface area (Å²) in [5.41, 5.74) is 7.46. The van der Waals surface area contributed by atoms with Gasteiger partial charge in [-0.25, -0.2) is 0 Å². The van der Waals surface area contributed by atoms with E-state index in [1.54, 1.807) is 0 Å². The molecule has 92 valence electrons. The van der Waals surface area contributed by atoms with Crippen molar-refractivity contribution in [3.8, 4) is 0 Å². The van der Waals surface area contributed by atoms with Gasteiger partial charge in [0.15, 0.2) is 5.78 Å². The largest absolute Gasteiger partial charge is 0.319 e. The van der Waals surface area contributed by atoms with Crippen molar-refractivity contribution >= 4 is 5.78 Å². The first-order valence-electron chi connectivity index (χ1n) is 6.36. The second-order valence-corrected chi connectivity index (χ2v) is 5.66. The van der Waals surface area contributed by atoms with Gasteiger partial charge >= 0.3 is 0 Å². The van der Waals surface area contributed by atoms with Gasteiger partial charge in [-0.1, -0.05) is 38.1 Å². The zero-order valence-corrected chi connectivity index (χ0v) is 10.9. The third kappa shape index (κ3) is 2.42. The van der Waals surface area contributed by atoms with E-state index in [2.05, 4.69) is 13.8 Å². The fourth-order valence-corrected chi connectivity index (χ4v) is 2.20. The Morgan fingerprint density at radius 2 is 1.82 bits per heavy atom. The van der Waals surface area contributed by atoms with E-state index in [1.165, 1.54) is 5.56 Å². The molecule has 1 aromatic carbocycles. The lowest BCUT2D eigenvalue weighted by Gasteiger charge is -2.22. The maximum absolute atomic E-state index is 12.3. The molecular weight excluding hydrogens is 210 g/mol. The van der Waals surface area contributed by atoms with Gasteiger partial charge in [-0.2, -0.15) is 0 Å². The summed E-state index contributed by atoms with van der Waals surface area (Å²) < 4.78 is 0. The Kier molecular flexibility index (Phi) is 3.09. The first-order valence-corrected chi connectivity index (χ1v) is 6.36. The van der Waals surface area contributed by atoms with E-state index in [0.29, 0.717) is 11.8 Å². The number of benzene rings is 1. The van der Waals surface area contributed by atoms with Crippen LogP contribution in [0.15, 0.2) is 24.3 Å². The molecule has 0 aliphatic heterocycles. The van der Waals surface area contributed by atoms with Crippen LogP contribution in [0.5, 0.6) is 0 Å². The summed E-state index contributed by atoms with van der Waals surface area (Å²) in [6, 6.07) is 7.87. The molecule has 0 aromatic heterocycles. The van der Waals surface area contributed by atoms with Crippen LogP contribution in [0.3, 0.4) is 0 Å². The fraction of sp³-hybridized carbons (Fsp3) is 0.533. The molecule has 2 heteroatoms. The summed E-state index contributed by atoms with van der Waals surface area (Å²) in [4.78, 5) is 12.3.